The van der Waals surface area contributed by atoms with Crippen LogP contribution in [-0.2, 0) is 0 Å². The predicted octanol–water partition coefficient (Wildman–Crippen LogP) is -0.0288. The molecule has 0 amide bonds. The predicted molar refractivity (Wildman–Crippen MR) is 60.2 cm³/mol. The topological polar surface area (TPSA) is 63.6 Å². The second-order valence-corrected chi connectivity index (χ2v) is 3.00. The number of benzene rings is 1. The molecular formula is C11H9N3NaO2+. The molecule has 0 atom stereocenters. The van der Waals surface area contributed by atoms with Crippen LogP contribution in [-0.4, -0.2) is 4.98 Å². The molecule has 0 fully saturated rings. The van der Waals surface area contributed by atoms with Gasteiger partial charge in [0.15, 0.2) is 0 Å². The zero-order valence-electron chi connectivity index (χ0n) is 9.33. The number of hydrogen-bond acceptors (Lipinski definition) is 4. The first-order valence-electron chi connectivity index (χ1n) is 4.66. The Kier molecular flexibility index (Phi) is 5.62. The van der Waals surface area contributed by atoms with Gasteiger partial charge in [-0.15, -0.1) is 4.91 Å². The molecule has 1 heterocycles. The van der Waals surface area contributed by atoms with Crippen molar-refractivity contribution in [2.24, 2.45) is 5.29 Å². The maximum Gasteiger partial charge on any atom is 1.00 e. The summed E-state index contributed by atoms with van der Waals surface area (Å²) in [6.07, 6.45) is 1.51. The second-order valence-electron chi connectivity index (χ2n) is 3.00. The van der Waals surface area contributed by atoms with Gasteiger partial charge in [0.1, 0.15) is 17.3 Å². The van der Waals surface area contributed by atoms with Gasteiger partial charge in [-0.25, -0.2) is 10.4 Å². The van der Waals surface area contributed by atoms with E-state index in [0.29, 0.717) is 11.6 Å². The first-order valence-corrected chi connectivity index (χ1v) is 4.66. The van der Waals surface area contributed by atoms with Gasteiger partial charge in [0, 0.05) is 0 Å². The minimum atomic E-state index is 0. The standard InChI is InChI=1S/C11H9N3O2.Na/c15-14-13-11-7-6-10(8-12-11)16-9-4-2-1-3-5-9;/h1-8H,(H,12,13,15);/q;+1. The summed E-state index contributed by atoms with van der Waals surface area (Å²) >= 11 is 0. The normalized spacial score (nSPS) is 8.94. The molecule has 0 spiro atoms. The van der Waals surface area contributed by atoms with Crippen LogP contribution in [0.2, 0.25) is 0 Å². The van der Waals surface area contributed by atoms with Crippen LogP contribution < -0.4 is 39.7 Å². The first-order chi connectivity index (χ1) is 7.88. The molecule has 1 aromatic carbocycles. The van der Waals surface area contributed by atoms with Gasteiger partial charge in [-0.2, -0.15) is 0 Å². The van der Waals surface area contributed by atoms with Gasteiger partial charge >= 0.3 is 29.6 Å². The fourth-order valence-electron chi connectivity index (χ4n) is 1.18. The Hall–Kier alpha value is -1.43. The van der Waals surface area contributed by atoms with Crippen LogP contribution in [0.5, 0.6) is 11.5 Å². The van der Waals surface area contributed by atoms with Crippen LogP contribution in [0.1, 0.15) is 0 Å². The monoisotopic (exact) mass is 238 g/mol. The van der Waals surface area contributed by atoms with Crippen molar-refractivity contribution in [3.63, 3.8) is 0 Å². The van der Waals surface area contributed by atoms with Gasteiger partial charge in [0.25, 0.3) is 0 Å². The fraction of sp³-hybridized carbons (Fsp3) is 0. The van der Waals surface area contributed by atoms with Crippen LogP contribution in [0.4, 0.5) is 5.82 Å². The van der Waals surface area contributed by atoms with Crippen LogP contribution in [0.15, 0.2) is 53.9 Å². The average Bonchev–Trinajstić information content (AvgIpc) is 2.33. The number of nitroso groups, excluding NO2 is 1. The third-order valence-corrected chi connectivity index (χ3v) is 1.88. The maximum atomic E-state index is 9.92. The second kappa shape index (κ2) is 7.01. The van der Waals surface area contributed by atoms with E-state index in [0.717, 1.165) is 5.75 Å². The number of nitrogens with one attached hydrogen (secondary N) is 1. The Morgan fingerprint density at radius 1 is 1.06 bits per heavy atom. The van der Waals surface area contributed by atoms with Crippen molar-refractivity contribution < 1.29 is 34.3 Å². The quantitative estimate of drug-likeness (QED) is 0.461. The number of pyridine rings is 1. The number of para-hydroxylation sites is 1. The molecule has 0 aliphatic rings. The van der Waals surface area contributed by atoms with Crippen LogP contribution in [0.3, 0.4) is 0 Å². The van der Waals surface area contributed by atoms with Gasteiger partial charge in [-0.05, 0) is 24.3 Å². The number of anilines is 1. The molecule has 1 N–H and O–H groups in total. The summed E-state index contributed by atoms with van der Waals surface area (Å²) in [4.78, 5) is 13.9. The van der Waals surface area contributed by atoms with Crippen molar-refractivity contribution in [1.82, 2.24) is 4.98 Å². The van der Waals surface area contributed by atoms with Gasteiger partial charge in [-0.1, -0.05) is 18.2 Å². The first kappa shape index (κ1) is 13.6. The van der Waals surface area contributed by atoms with Crippen LogP contribution in [0.25, 0.3) is 0 Å². The molecule has 0 saturated heterocycles. The fourth-order valence-corrected chi connectivity index (χ4v) is 1.18. The molecular weight excluding hydrogens is 229 g/mol. The minimum absolute atomic E-state index is 0. The van der Waals surface area contributed by atoms with E-state index in [-0.39, 0.29) is 29.6 Å². The molecule has 2 aromatic rings. The number of ether oxygens (including phenoxy) is 1. The Morgan fingerprint density at radius 2 is 1.82 bits per heavy atom. The molecule has 0 unspecified atom stereocenters. The van der Waals surface area contributed by atoms with Crippen molar-refractivity contribution in [2.75, 3.05) is 5.43 Å². The minimum Gasteiger partial charge on any atom is -0.456 e. The van der Waals surface area contributed by atoms with Crippen molar-refractivity contribution in [2.45, 2.75) is 0 Å². The van der Waals surface area contributed by atoms with Gasteiger partial charge in [0.05, 0.1) is 11.5 Å². The molecule has 0 radical (unpaired) electrons. The SMILES string of the molecule is O=NNc1ccc(Oc2ccccc2)cn1.[Na+]. The van der Waals surface area contributed by atoms with Crippen LogP contribution in [0, 0.1) is 4.91 Å². The number of aromatic nitrogens is 1. The van der Waals surface area contributed by atoms with E-state index in [9.17, 15) is 4.91 Å². The Labute approximate surface area is 120 Å². The molecule has 1 aromatic heterocycles. The van der Waals surface area contributed by atoms with E-state index in [4.69, 9.17) is 4.74 Å². The van der Waals surface area contributed by atoms with E-state index >= 15 is 0 Å². The summed E-state index contributed by atoms with van der Waals surface area (Å²) in [5, 5.41) is 2.52. The summed E-state index contributed by atoms with van der Waals surface area (Å²) in [7, 11) is 0. The Bertz CT molecular complexity index is 462. The third-order valence-electron chi connectivity index (χ3n) is 1.88. The summed E-state index contributed by atoms with van der Waals surface area (Å²) in [5.41, 5.74) is 2.20. The number of hydrogen-bond donors (Lipinski definition) is 1. The van der Waals surface area contributed by atoms with E-state index < -0.39 is 0 Å². The zero-order valence-corrected chi connectivity index (χ0v) is 11.3. The molecule has 5 nitrogen and oxygen atoms in total. The maximum absolute atomic E-state index is 9.92. The molecule has 0 bridgehead atoms. The largest absolute Gasteiger partial charge is 1.00 e. The van der Waals surface area contributed by atoms with Crippen molar-refractivity contribution >= 4 is 5.82 Å². The molecule has 17 heavy (non-hydrogen) atoms. The van der Waals surface area contributed by atoms with E-state index in [1.165, 1.54) is 6.20 Å². The van der Waals surface area contributed by atoms with Crippen LogP contribution >= 0.6 is 0 Å². The van der Waals surface area contributed by atoms with Crippen molar-refractivity contribution in [1.29, 1.82) is 0 Å². The van der Waals surface area contributed by atoms with Gasteiger partial charge in [0.2, 0.25) is 0 Å². The zero-order chi connectivity index (χ0) is 11.2. The number of rotatable bonds is 4. The summed E-state index contributed by atoms with van der Waals surface area (Å²) in [6.45, 7) is 0. The van der Waals surface area contributed by atoms with Gasteiger partial charge < -0.3 is 4.74 Å². The molecule has 6 heteroatoms. The molecule has 0 aliphatic heterocycles. The summed E-state index contributed by atoms with van der Waals surface area (Å²) in [6, 6.07) is 12.7. The summed E-state index contributed by atoms with van der Waals surface area (Å²) < 4.78 is 5.51. The molecule has 2 rings (SSSR count). The average molecular weight is 238 g/mol. The molecule has 80 valence electrons. The number of nitrogens with zero attached hydrogens (tertiary/aromatic N) is 2. The summed E-state index contributed by atoms with van der Waals surface area (Å²) in [5.74, 6) is 1.72. The van der Waals surface area contributed by atoms with E-state index in [1.54, 1.807) is 12.1 Å². The Morgan fingerprint density at radius 3 is 2.41 bits per heavy atom. The van der Waals surface area contributed by atoms with Crippen molar-refractivity contribution in [3.8, 4) is 11.5 Å². The van der Waals surface area contributed by atoms with Crippen molar-refractivity contribution in [3.05, 3.63) is 53.6 Å². The molecule has 0 aliphatic carbocycles. The van der Waals surface area contributed by atoms with E-state index in [2.05, 4.69) is 15.7 Å². The smallest absolute Gasteiger partial charge is 0.456 e. The molecule has 0 saturated carbocycles. The van der Waals surface area contributed by atoms with Gasteiger partial charge in [-0.3, -0.25) is 0 Å². The van der Waals surface area contributed by atoms with E-state index in [1.807, 2.05) is 30.3 Å². The third kappa shape index (κ3) is 4.14. The Balaban J connectivity index is 0.00000144.